The lowest BCUT2D eigenvalue weighted by Crippen LogP contribution is -2.29. The molecule has 0 spiro atoms. The summed E-state index contributed by atoms with van der Waals surface area (Å²) in [5.41, 5.74) is 6.58. The van der Waals surface area contributed by atoms with E-state index in [1.54, 1.807) is 0 Å². The first kappa shape index (κ1) is 17.4. The summed E-state index contributed by atoms with van der Waals surface area (Å²) in [6.45, 7) is 8.30. The number of hydrogen-bond acceptors (Lipinski definition) is 5. The molecule has 21 heavy (non-hydrogen) atoms. The maximum absolute atomic E-state index is 9.60. The molecule has 1 aliphatic rings. The van der Waals surface area contributed by atoms with Gasteiger partial charge in [0.25, 0.3) is 6.47 Å². The third-order valence-electron chi connectivity index (χ3n) is 3.40. The smallest absolute Gasteiger partial charge is 0.293 e. The van der Waals surface area contributed by atoms with E-state index in [0.29, 0.717) is 18.2 Å². The summed E-state index contributed by atoms with van der Waals surface area (Å²) in [6.07, 6.45) is 4.40. The second-order valence-electron chi connectivity index (χ2n) is 6.42. The van der Waals surface area contributed by atoms with Gasteiger partial charge in [0.15, 0.2) is 0 Å². The fourth-order valence-electron chi connectivity index (χ4n) is 2.14. The van der Waals surface area contributed by atoms with Crippen LogP contribution in [0.15, 0.2) is 18.3 Å². The number of piperidine rings is 1. The Morgan fingerprint density at radius 3 is 2.33 bits per heavy atom. The molecular formula is C16H27N3O2. The first-order valence-corrected chi connectivity index (χ1v) is 7.33. The van der Waals surface area contributed by atoms with Crippen molar-refractivity contribution in [2.45, 2.75) is 45.1 Å². The van der Waals surface area contributed by atoms with Gasteiger partial charge in [-0.3, -0.25) is 4.79 Å². The standard InChI is InChI=1S/C11H17N3.C5H10O2/c1-14-6-4-9(5-7-14)10-2-3-11(12)13-8-10;1-5(2,3)7-4-6/h2-3,8-9H,4-7H2,1H3,(H2,12,13);4H,1-3H3. The van der Waals surface area contributed by atoms with E-state index in [2.05, 4.69) is 27.7 Å². The van der Waals surface area contributed by atoms with Gasteiger partial charge >= 0.3 is 0 Å². The van der Waals surface area contributed by atoms with Crippen LogP contribution in [0.5, 0.6) is 0 Å². The van der Waals surface area contributed by atoms with Gasteiger partial charge < -0.3 is 15.4 Å². The van der Waals surface area contributed by atoms with Crippen LogP contribution in [0, 0.1) is 0 Å². The summed E-state index contributed by atoms with van der Waals surface area (Å²) in [7, 11) is 2.18. The molecule has 1 fully saturated rings. The number of nitrogen functional groups attached to an aromatic ring is 1. The van der Waals surface area contributed by atoms with Crippen molar-refractivity contribution < 1.29 is 9.53 Å². The molecule has 1 saturated heterocycles. The van der Waals surface area contributed by atoms with E-state index in [4.69, 9.17) is 5.73 Å². The topological polar surface area (TPSA) is 68.5 Å². The maximum atomic E-state index is 9.60. The number of nitrogens with zero attached hydrogens (tertiary/aromatic N) is 2. The lowest BCUT2D eigenvalue weighted by Gasteiger charge is -2.28. The minimum atomic E-state index is -0.318. The molecule has 0 radical (unpaired) electrons. The number of pyridine rings is 1. The van der Waals surface area contributed by atoms with Crippen LogP contribution in [-0.4, -0.2) is 42.1 Å². The zero-order valence-electron chi connectivity index (χ0n) is 13.5. The molecule has 2 rings (SSSR count). The Labute approximate surface area is 127 Å². The lowest BCUT2D eigenvalue weighted by atomic mass is 9.91. The number of anilines is 1. The van der Waals surface area contributed by atoms with Crippen molar-refractivity contribution in [3.63, 3.8) is 0 Å². The molecule has 5 nitrogen and oxygen atoms in total. The van der Waals surface area contributed by atoms with E-state index in [0.717, 1.165) is 0 Å². The number of aromatic nitrogens is 1. The van der Waals surface area contributed by atoms with Crippen LogP contribution in [0.3, 0.4) is 0 Å². The van der Waals surface area contributed by atoms with Gasteiger partial charge in [0.1, 0.15) is 11.4 Å². The van der Waals surface area contributed by atoms with Crippen LogP contribution in [0.25, 0.3) is 0 Å². The lowest BCUT2D eigenvalue weighted by molar-refractivity contribution is -0.138. The van der Waals surface area contributed by atoms with Gasteiger partial charge in [-0.1, -0.05) is 6.07 Å². The molecule has 2 N–H and O–H groups in total. The number of ether oxygens (including phenoxy) is 1. The zero-order valence-corrected chi connectivity index (χ0v) is 13.5. The molecule has 0 aliphatic carbocycles. The van der Waals surface area contributed by atoms with Crippen LogP contribution < -0.4 is 5.73 Å². The maximum Gasteiger partial charge on any atom is 0.293 e. The number of rotatable bonds is 2. The predicted octanol–water partition coefficient (Wildman–Crippen LogP) is 2.43. The number of nitrogens with two attached hydrogens (primary N) is 1. The molecule has 0 aromatic carbocycles. The zero-order chi connectivity index (χ0) is 15.9. The van der Waals surface area contributed by atoms with Gasteiger partial charge in [-0.25, -0.2) is 4.98 Å². The molecule has 0 atom stereocenters. The van der Waals surface area contributed by atoms with Crippen molar-refractivity contribution in [1.29, 1.82) is 0 Å². The Bertz CT molecular complexity index is 418. The summed E-state index contributed by atoms with van der Waals surface area (Å²) in [6, 6.07) is 4.01. The molecule has 0 saturated carbocycles. The largest absolute Gasteiger partial charge is 0.462 e. The fraction of sp³-hybridized carbons (Fsp3) is 0.625. The number of carbonyl (C=O) groups excluding carboxylic acids is 1. The van der Waals surface area contributed by atoms with Crippen LogP contribution in [0.1, 0.15) is 45.1 Å². The van der Waals surface area contributed by atoms with Gasteiger partial charge in [-0.05, 0) is 71.3 Å². The molecule has 1 aliphatic heterocycles. The van der Waals surface area contributed by atoms with Crippen molar-refractivity contribution in [2.24, 2.45) is 0 Å². The van der Waals surface area contributed by atoms with Crippen LogP contribution in [-0.2, 0) is 9.53 Å². The van der Waals surface area contributed by atoms with E-state index in [1.165, 1.54) is 31.5 Å². The van der Waals surface area contributed by atoms with Gasteiger partial charge in [0.05, 0.1) is 0 Å². The second-order valence-corrected chi connectivity index (χ2v) is 6.42. The van der Waals surface area contributed by atoms with Crippen molar-refractivity contribution in [3.8, 4) is 0 Å². The normalized spacial score (nSPS) is 16.8. The SMILES string of the molecule is CC(C)(C)OC=O.CN1CCC(c2ccc(N)nc2)CC1. The Morgan fingerprint density at radius 2 is 1.95 bits per heavy atom. The highest BCUT2D eigenvalue weighted by molar-refractivity contribution is 5.37. The minimum Gasteiger partial charge on any atom is -0.462 e. The van der Waals surface area contributed by atoms with Gasteiger partial charge in [0.2, 0.25) is 0 Å². The first-order valence-electron chi connectivity index (χ1n) is 7.33. The Morgan fingerprint density at radius 1 is 1.33 bits per heavy atom. The molecule has 0 bridgehead atoms. The highest BCUT2D eigenvalue weighted by Gasteiger charge is 2.18. The van der Waals surface area contributed by atoms with Crippen LogP contribution >= 0.6 is 0 Å². The highest BCUT2D eigenvalue weighted by Crippen LogP contribution is 2.26. The molecule has 0 amide bonds. The van der Waals surface area contributed by atoms with E-state index >= 15 is 0 Å². The Hall–Kier alpha value is -1.62. The highest BCUT2D eigenvalue weighted by atomic mass is 16.5. The Kier molecular flexibility index (Phi) is 6.62. The molecule has 0 unspecified atom stereocenters. The molecule has 1 aromatic rings. The second kappa shape index (κ2) is 7.98. The summed E-state index contributed by atoms with van der Waals surface area (Å²) < 4.78 is 4.55. The quantitative estimate of drug-likeness (QED) is 0.848. The molecule has 1 aromatic heterocycles. The van der Waals surface area contributed by atoms with E-state index in [1.807, 2.05) is 33.0 Å². The predicted molar refractivity (Wildman–Crippen MR) is 85.0 cm³/mol. The Balaban J connectivity index is 0.000000270. The first-order chi connectivity index (χ1) is 9.81. The van der Waals surface area contributed by atoms with E-state index in [-0.39, 0.29) is 5.60 Å². The number of hydrogen-bond donors (Lipinski definition) is 1. The minimum absolute atomic E-state index is 0.318. The average molecular weight is 293 g/mol. The van der Waals surface area contributed by atoms with Gasteiger partial charge in [-0.2, -0.15) is 0 Å². The van der Waals surface area contributed by atoms with Gasteiger partial charge in [0, 0.05) is 6.20 Å². The fourth-order valence-corrected chi connectivity index (χ4v) is 2.14. The van der Waals surface area contributed by atoms with Crippen molar-refractivity contribution in [1.82, 2.24) is 9.88 Å². The van der Waals surface area contributed by atoms with Crippen molar-refractivity contribution >= 4 is 12.3 Å². The number of likely N-dealkylation sites (tertiary alicyclic amines) is 1. The average Bonchev–Trinajstić information content (AvgIpc) is 2.40. The third-order valence-corrected chi connectivity index (χ3v) is 3.40. The van der Waals surface area contributed by atoms with Crippen molar-refractivity contribution in [2.75, 3.05) is 25.9 Å². The molecule has 5 heteroatoms. The number of carbonyl (C=O) groups is 1. The van der Waals surface area contributed by atoms with Gasteiger partial charge in [-0.15, -0.1) is 0 Å². The third kappa shape index (κ3) is 7.09. The van der Waals surface area contributed by atoms with Crippen molar-refractivity contribution in [3.05, 3.63) is 23.9 Å². The van der Waals surface area contributed by atoms with Crippen LogP contribution in [0.2, 0.25) is 0 Å². The monoisotopic (exact) mass is 293 g/mol. The van der Waals surface area contributed by atoms with E-state index in [9.17, 15) is 4.79 Å². The summed E-state index contributed by atoms with van der Waals surface area (Å²) in [5.74, 6) is 1.29. The molecular weight excluding hydrogens is 266 g/mol. The summed E-state index contributed by atoms with van der Waals surface area (Å²) in [5, 5.41) is 0. The van der Waals surface area contributed by atoms with E-state index < -0.39 is 0 Å². The molecule has 2 heterocycles. The molecule has 118 valence electrons. The summed E-state index contributed by atoms with van der Waals surface area (Å²) >= 11 is 0. The van der Waals surface area contributed by atoms with Crippen LogP contribution in [0.4, 0.5) is 5.82 Å². The summed E-state index contributed by atoms with van der Waals surface area (Å²) in [4.78, 5) is 16.1.